The average molecular weight is 277 g/mol. The molecule has 3 heteroatoms. The molecule has 1 aromatic rings. The molecule has 20 heavy (non-hydrogen) atoms. The Labute approximate surface area is 120 Å². The number of benzene rings is 1. The van der Waals surface area contributed by atoms with Crippen LogP contribution in [-0.2, 0) is 0 Å². The molecule has 1 N–H and O–H groups in total. The van der Waals surface area contributed by atoms with E-state index in [0.717, 1.165) is 25.8 Å². The first-order valence-corrected chi connectivity index (χ1v) is 7.73. The van der Waals surface area contributed by atoms with Gasteiger partial charge in [-0.05, 0) is 44.7 Å². The van der Waals surface area contributed by atoms with Gasteiger partial charge >= 0.3 is 0 Å². The summed E-state index contributed by atoms with van der Waals surface area (Å²) in [6.45, 7) is 3.22. The fraction of sp³-hybridized carbons (Fsp3) is 0.647. The van der Waals surface area contributed by atoms with Crippen molar-refractivity contribution in [1.29, 1.82) is 0 Å². The Morgan fingerprint density at radius 2 is 2.10 bits per heavy atom. The van der Waals surface area contributed by atoms with E-state index in [1.165, 1.54) is 5.56 Å². The van der Waals surface area contributed by atoms with E-state index in [4.69, 9.17) is 0 Å². The fourth-order valence-corrected chi connectivity index (χ4v) is 4.31. The van der Waals surface area contributed by atoms with Crippen LogP contribution < -0.4 is 0 Å². The summed E-state index contributed by atoms with van der Waals surface area (Å²) in [6, 6.07) is 10.4. The highest BCUT2D eigenvalue weighted by atomic mass is 19.1. The highest BCUT2D eigenvalue weighted by Crippen LogP contribution is 2.50. The van der Waals surface area contributed by atoms with Crippen LogP contribution in [0.5, 0.6) is 0 Å². The van der Waals surface area contributed by atoms with Crippen molar-refractivity contribution < 1.29 is 9.50 Å². The zero-order valence-electron chi connectivity index (χ0n) is 12.1. The first kappa shape index (κ1) is 14.0. The second-order valence-electron chi connectivity index (χ2n) is 6.45. The van der Waals surface area contributed by atoms with E-state index in [-0.39, 0.29) is 24.1 Å². The molecule has 1 heterocycles. The van der Waals surface area contributed by atoms with Crippen LogP contribution in [0.15, 0.2) is 30.3 Å². The summed E-state index contributed by atoms with van der Waals surface area (Å²) in [4.78, 5) is 2.30. The van der Waals surface area contributed by atoms with Crippen LogP contribution in [0.3, 0.4) is 0 Å². The maximum atomic E-state index is 14.5. The standard InChI is InChI=1S/C17H24FNO/c1-13(14-6-3-2-4-7-14)19-11-5-9-17(12-20)10-8-15(18)16(17)19/h2-4,6-7,13,15-16,20H,5,8-12H2,1H3/t13-,15?,16+,17-/m0/s1. The van der Waals surface area contributed by atoms with Crippen LogP contribution in [0.4, 0.5) is 4.39 Å². The van der Waals surface area contributed by atoms with Crippen LogP contribution >= 0.6 is 0 Å². The van der Waals surface area contributed by atoms with E-state index in [1.54, 1.807) is 0 Å². The molecule has 1 aliphatic carbocycles. The van der Waals surface area contributed by atoms with Gasteiger partial charge < -0.3 is 5.11 Å². The molecule has 1 unspecified atom stereocenters. The molecule has 0 amide bonds. The van der Waals surface area contributed by atoms with E-state index in [1.807, 2.05) is 18.2 Å². The number of fused-ring (bicyclic) bond motifs is 1. The minimum absolute atomic E-state index is 0.114. The molecular formula is C17H24FNO. The number of nitrogens with zero attached hydrogens (tertiary/aromatic N) is 1. The van der Waals surface area contributed by atoms with E-state index in [9.17, 15) is 9.50 Å². The molecule has 0 spiro atoms. The number of hydrogen-bond acceptors (Lipinski definition) is 2. The molecule has 4 atom stereocenters. The van der Waals surface area contributed by atoms with Gasteiger partial charge in [-0.25, -0.2) is 4.39 Å². The van der Waals surface area contributed by atoms with Crippen molar-refractivity contribution in [3.05, 3.63) is 35.9 Å². The van der Waals surface area contributed by atoms with Crippen molar-refractivity contribution in [3.8, 4) is 0 Å². The minimum Gasteiger partial charge on any atom is -0.396 e. The van der Waals surface area contributed by atoms with Crippen LogP contribution in [0.1, 0.15) is 44.2 Å². The first-order valence-electron chi connectivity index (χ1n) is 7.73. The summed E-state index contributed by atoms with van der Waals surface area (Å²) in [5.74, 6) is 0. The Bertz CT molecular complexity index is 448. The number of alkyl halides is 1. The Balaban J connectivity index is 1.89. The van der Waals surface area contributed by atoms with Gasteiger partial charge in [-0.2, -0.15) is 0 Å². The van der Waals surface area contributed by atoms with Crippen molar-refractivity contribution in [2.24, 2.45) is 5.41 Å². The molecule has 2 aliphatic rings. The fourth-order valence-electron chi connectivity index (χ4n) is 4.31. The average Bonchev–Trinajstić information content (AvgIpc) is 2.85. The third kappa shape index (κ3) is 2.17. The van der Waals surface area contributed by atoms with Crippen molar-refractivity contribution in [3.63, 3.8) is 0 Å². The number of aliphatic hydroxyl groups excluding tert-OH is 1. The van der Waals surface area contributed by atoms with Gasteiger partial charge in [-0.3, -0.25) is 4.90 Å². The van der Waals surface area contributed by atoms with Gasteiger partial charge in [0.2, 0.25) is 0 Å². The Morgan fingerprint density at radius 3 is 2.80 bits per heavy atom. The molecule has 1 aromatic carbocycles. The van der Waals surface area contributed by atoms with Gasteiger partial charge in [0, 0.05) is 17.5 Å². The predicted octanol–water partition coefficient (Wildman–Crippen LogP) is 3.32. The lowest BCUT2D eigenvalue weighted by atomic mass is 9.74. The van der Waals surface area contributed by atoms with Crippen molar-refractivity contribution >= 4 is 0 Å². The molecule has 2 nitrogen and oxygen atoms in total. The lowest BCUT2D eigenvalue weighted by Crippen LogP contribution is -2.54. The first-order chi connectivity index (χ1) is 9.68. The molecular weight excluding hydrogens is 253 g/mol. The van der Waals surface area contributed by atoms with Crippen LogP contribution in [-0.4, -0.2) is 35.4 Å². The largest absolute Gasteiger partial charge is 0.396 e. The summed E-state index contributed by atoms with van der Waals surface area (Å²) in [5.41, 5.74) is 1.03. The summed E-state index contributed by atoms with van der Waals surface area (Å²) in [6.07, 6.45) is 2.65. The zero-order chi connectivity index (χ0) is 14.2. The summed E-state index contributed by atoms with van der Waals surface area (Å²) >= 11 is 0. The smallest absolute Gasteiger partial charge is 0.116 e. The Morgan fingerprint density at radius 1 is 1.35 bits per heavy atom. The molecule has 1 saturated heterocycles. The minimum atomic E-state index is -0.798. The maximum absolute atomic E-state index is 14.5. The molecule has 3 rings (SSSR count). The predicted molar refractivity (Wildman–Crippen MR) is 78.2 cm³/mol. The monoisotopic (exact) mass is 277 g/mol. The van der Waals surface area contributed by atoms with Gasteiger partial charge in [0.25, 0.3) is 0 Å². The van der Waals surface area contributed by atoms with Crippen LogP contribution in [0.25, 0.3) is 0 Å². The molecule has 1 saturated carbocycles. The van der Waals surface area contributed by atoms with E-state index in [0.29, 0.717) is 6.42 Å². The van der Waals surface area contributed by atoms with Crippen LogP contribution in [0, 0.1) is 5.41 Å². The number of halogens is 1. The number of hydrogen-bond donors (Lipinski definition) is 1. The van der Waals surface area contributed by atoms with Crippen LogP contribution in [0.2, 0.25) is 0 Å². The number of piperidine rings is 1. The third-order valence-corrected chi connectivity index (χ3v) is 5.43. The lowest BCUT2D eigenvalue weighted by molar-refractivity contribution is -0.0448. The van der Waals surface area contributed by atoms with E-state index < -0.39 is 6.17 Å². The Kier molecular flexibility index (Phi) is 3.83. The molecule has 1 aliphatic heterocycles. The van der Waals surface area contributed by atoms with Crippen molar-refractivity contribution in [1.82, 2.24) is 4.90 Å². The highest BCUT2D eigenvalue weighted by Gasteiger charge is 2.53. The van der Waals surface area contributed by atoms with Crippen molar-refractivity contribution in [2.75, 3.05) is 13.2 Å². The number of aliphatic hydroxyl groups is 1. The number of rotatable bonds is 3. The quantitative estimate of drug-likeness (QED) is 0.916. The topological polar surface area (TPSA) is 23.5 Å². The molecule has 110 valence electrons. The molecule has 0 aromatic heterocycles. The SMILES string of the molecule is C[C@@H](c1ccccc1)N1CCC[C@@]2(CO)CCC(F)[C@@H]12. The van der Waals surface area contributed by atoms with Gasteiger partial charge in [-0.15, -0.1) is 0 Å². The third-order valence-electron chi connectivity index (χ3n) is 5.43. The van der Waals surface area contributed by atoms with Gasteiger partial charge in [0.05, 0.1) is 6.61 Å². The highest BCUT2D eigenvalue weighted by molar-refractivity contribution is 5.20. The Hall–Kier alpha value is -0.930. The van der Waals surface area contributed by atoms with Gasteiger partial charge in [0.15, 0.2) is 0 Å². The second-order valence-corrected chi connectivity index (χ2v) is 6.45. The summed E-state index contributed by atoms with van der Waals surface area (Å²) in [5, 5.41) is 9.85. The van der Waals surface area contributed by atoms with Gasteiger partial charge in [0.1, 0.15) is 6.17 Å². The molecule has 0 radical (unpaired) electrons. The van der Waals surface area contributed by atoms with E-state index >= 15 is 0 Å². The zero-order valence-corrected chi connectivity index (χ0v) is 12.1. The maximum Gasteiger partial charge on any atom is 0.116 e. The van der Waals surface area contributed by atoms with Crippen molar-refractivity contribution in [2.45, 2.75) is 50.9 Å². The van der Waals surface area contributed by atoms with E-state index in [2.05, 4.69) is 24.0 Å². The number of likely N-dealkylation sites (tertiary alicyclic amines) is 1. The normalized spacial score (nSPS) is 35.8. The van der Waals surface area contributed by atoms with Gasteiger partial charge in [-0.1, -0.05) is 30.3 Å². The molecule has 0 bridgehead atoms. The second kappa shape index (κ2) is 5.45. The molecule has 2 fully saturated rings. The summed E-state index contributed by atoms with van der Waals surface area (Å²) < 4.78 is 14.5. The summed E-state index contributed by atoms with van der Waals surface area (Å²) in [7, 11) is 0. The lowest BCUT2D eigenvalue weighted by Gasteiger charge is -2.48.